The van der Waals surface area contributed by atoms with Gasteiger partial charge in [-0.1, -0.05) is 0 Å². The van der Waals surface area contributed by atoms with Gasteiger partial charge in [0.2, 0.25) is 0 Å². The van der Waals surface area contributed by atoms with Crippen LogP contribution in [-0.2, 0) is 10.9 Å². The van der Waals surface area contributed by atoms with Crippen molar-refractivity contribution in [3.05, 3.63) is 29.3 Å². The first-order valence-corrected chi connectivity index (χ1v) is 5.96. The summed E-state index contributed by atoms with van der Waals surface area (Å²) in [6.45, 7) is 4.89. The summed E-state index contributed by atoms with van der Waals surface area (Å²) in [5.74, 6) is -0.703. The van der Waals surface area contributed by atoms with Crippen molar-refractivity contribution in [1.29, 1.82) is 5.41 Å². The van der Waals surface area contributed by atoms with Gasteiger partial charge in [0.1, 0.15) is 11.4 Å². The molecule has 5 nitrogen and oxygen atoms in total. The average molecular weight is 303 g/mol. The summed E-state index contributed by atoms with van der Waals surface area (Å²) in [6, 6.07) is 2.95. The lowest BCUT2D eigenvalue weighted by Crippen LogP contribution is -2.27. The minimum atomic E-state index is -4.69. The highest BCUT2D eigenvalue weighted by Crippen LogP contribution is 2.33. The number of alkyl halides is 3. The summed E-state index contributed by atoms with van der Waals surface area (Å²) in [7, 11) is 0. The number of nitrogens with two attached hydrogens (primary N) is 1. The molecule has 0 heterocycles. The monoisotopic (exact) mass is 303 g/mol. The van der Waals surface area contributed by atoms with Crippen molar-refractivity contribution in [2.45, 2.75) is 32.5 Å². The lowest BCUT2D eigenvalue weighted by Gasteiger charge is -2.20. The number of carbonyl (C=O) groups is 1. The van der Waals surface area contributed by atoms with Crippen molar-refractivity contribution in [2.75, 3.05) is 5.32 Å². The molecule has 21 heavy (non-hydrogen) atoms. The van der Waals surface area contributed by atoms with E-state index in [0.29, 0.717) is 6.07 Å². The van der Waals surface area contributed by atoms with Crippen LogP contribution in [0.3, 0.4) is 0 Å². The van der Waals surface area contributed by atoms with E-state index in [4.69, 9.17) is 15.9 Å². The Hall–Kier alpha value is -2.25. The summed E-state index contributed by atoms with van der Waals surface area (Å²) in [4.78, 5) is 11.5. The first-order valence-electron chi connectivity index (χ1n) is 5.96. The summed E-state index contributed by atoms with van der Waals surface area (Å²) in [5, 5.41) is 9.36. The van der Waals surface area contributed by atoms with Crippen LogP contribution in [-0.4, -0.2) is 17.5 Å². The predicted octanol–water partition coefficient (Wildman–Crippen LogP) is 3.34. The number of nitrogen functional groups attached to an aromatic ring is 1. The van der Waals surface area contributed by atoms with Crippen molar-refractivity contribution < 1.29 is 22.7 Å². The summed E-state index contributed by atoms with van der Waals surface area (Å²) in [6.07, 6.45) is -5.56. The molecule has 8 heteroatoms. The van der Waals surface area contributed by atoms with Crippen LogP contribution >= 0.6 is 0 Å². The molecular formula is C13H16F3N3O2. The Morgan fingerprint density at radius 3 is 2.29 bits per heavy atom. The quantitative estimate of drug-likeness (QED) is 0.578. The van der Waals surface area contributed by atoms with Gasteiger partial charge in [0.15, 0.2) is 0 Å². The molecule has 1 amide bonds. The highest BCUT2D eigenvalue weighted by Gasteiger charge is 2.34. The molecule has 0 spiro atoms. The van der Waals surface area contributed by atoms with Gasteiger partial charge in [-0.05, 0) is 39.0 Å². The van der Waals surface area contributed by atoms with Crippen LogP contribution in [0.1, 0.15) is 31.9 Å². The van der Waals surface area contributed by atoms with Gasteiger partial charge in [-0.3, -0.25) is 10.7 Å². The van der Waals surface area contributed by atoms with E-state index < -0.39 is 34.8 Å². The highest BCUT2D eigenvalue weighted by atomic mass is 19.4. The molecule has 0 fully saturated rings. The van der Waals surface area contributed by atoms with Crippen molar-refractivity contribution >= 4 is 17.6 Å². The molecule has 0 aliphatic carbocycles. The number of carbonyl (C=O) groups excluding carboxylic acids is 1. The number of halogens is 3. The van der Waals surface area contributed by atoms with Crippen LogP contribution in [0.15, 0.2) is 18.2 Å². The molecule has 0 aliphatic rings. The number of nitrogens with one attached hydrogen (secondary N) is 2. The number of ether oxygens (including phenoxy) is 1. The summed E-state index contributed by atoms with van der Waals surface area (Å²) >= 11 is 0. The lowest BCUT2D eigenvalue weighted by molar-refractivity contribution is -0.137. The van der Waals surface area contributed by atoms with E-state index in [-0.39, 0.29) is 5.69 Å². The molecule has 0 bridgehead atoms. The Morgan fingerprint density at radius 1 is 1.29 bits per heavy atom. The first kappa shape index (κ1) is 16.8. The molecule has 0 radical (unpaired) electrons. The first-order chi connectivity index (χ1) is 9.40. The van der Waals surface area contributed by atoms with Gasteiger partial charge >= 0.3 is 12.3 Å². The third-order valence-electron chi connectivity index (χ3n) is 2.26. The van der Waals surface area contributed by atoms with Crippen LogP contribution in [0.4, 0.5) is 23.7 Å². The maximum Gasteiger partial charge on any atom is 0.417 e. The smallest absolute Gasteiger partial charge is 0.417 e. The number of hydrogen-bond acceptors (Lipinski definition) is 3. The van der Waals surface area contributed by atoms with Gasteiger partial charge in [0, 0.05) is 11.3 Å². The zero-order chi connectivity index (χ0) is 16.4. The average Bonchev–Trinajstić information content (AvgIpc) is 2.24. The van der Waals surface area contributed by atoms with E-state index in [2.05, 4.69) is 5.32 Å². The number of rotatable bonds is 2. The van der Waals surface area contributed by atoms with Crippen LogP contribution in [0.5, 0.6) is 0 Å². The van der Waals surface area contributed by atoms with Crippen LogP contribution in [0.25, 0.3) is 0 Å². The molecule has 0 aliphatic heterocycles. The number of benzene rings is 1. The fraction of sp³-hybridized carbons (Fsp3) is 0.385. The van der Waals surface area contributed by atoms with Gasteiger partial charge in [-0.25, -0.2) is 4.79 Å². The zero-order valence-corrected chi connectivity index (χ0v) is 11.8. The predicted molar refractivity (Wildman–Crippen MR) is 72.3 cm³/mol. The molecule has 0 unspecified atom stereocenters. The van der Waals surface area contributed by atoms with Gasteiger partial charge < -0.3 is 10.5 Å². The molecule has 1 aromatic rings. The van der Waals surface area contributed by atoms with Crippen LogP contribution in [0.2, 0.25) is 0 Å². The Labute approximate surface area is 119 Å². The third-order valence-corrected chi connectivity index (χ3v) is 2.26. The maximum absolute atomic E-state index is 12.9. The fourth-order valence-corrected chi connectivity index (χ4v) is 1.51. The van der Waals surface area contributed by atoms with E-state index in [1.165, 1.54) is 6.07 Å². The number of amides is 1. The molecule has 1 rings (SSSR count). The van der Waals surface area contributed by atoms with Gasteiger partial charge in [-0.2, -0.15) is 13.2 Å². The van der Waals surface area contributed by atoms with E-state index in [9.17, 15) is 18.0 Å². The van der Waals surface area contributed by atoms with Crippen molar-refractivity contribution in [1.82, 2.24) is 0 Å². The molecule has 0 atom stereocenters. The molecule has 0 aromatic heterocycles. The van der Waals surface area contributed by atoms with Gasteiger partial charge in [0.05, 0.1) is 5.56 Å². The Kier molecular flexibility index (Phi) is 4.50. The molecule has 4 N–H and O–H groups in total. The Morgan fingerprint density at radius 2 is 1.86 bits per heavy atom. The topological polar surface area (TPSA) is 88.2 Å². The third kappa shape index (κ3) is 4.97. The van der Waals surface area contributed by atoms with Crippen molar-refractivity contribution in [3.8, 4) is 0 Å². The van der Waals surface area contributed by atoms with Crippen LogP contribution in [0, 0.1) is 5.41 Å². The number of anilines is 1. The largest absolute Gasteiger partial charge is 0.444 e. The normalized spacial score (nSPS) is 11.9. The minimum absolute atomic E-state index is 0.0958. The number of hydrogen-bond donors (Lipinski definition) is 3. The standard InChI is InChI=1S/C13H16F3N3O2/c1-12(2,3)21-11(20)19-7-4-5-8(10(17)18)9(6-7)13(14,15)16/h4-6H,1-3H3,(H3,17,18)(H,19,20). The fourth-order valence-electron chi connectivity index (χ4n) is 1.51. The molecule has 0 saturated carbocycles. The molecular weight excluding hydrogens is 287 g/mol. The maximum atomic E-state index is 12.9. The Balaban J connectivity index is 3.07. The summed E-state index contributed by atoms with van der Waals surface area (Å²) < 4.78 is 43.6. The van der Waals surface area contributed by atoms with E-state index >= 15 is 0 Å². The second-order valence-corrected chi connectivity index (χ2v) is 5.30. The van der Waals surface area contributed by atoms with E-state index in [0.717, 1.165) is 6.07 Å². The van der Waals surface area contributed by atoms with E-state index in [1.807, 2.05) is 0 Å². The second-order valence-electron chi connectivity index (χ2n) is 5.30. The summed E-state index contributed by atoms with van der Waals surface area (Å²) in [5.41, 5.74) is 2.71. The Bertz CT molecular complexity index is 563. The highest BCUT2D eigenvalue weighted by molar-refractivity contribution is 5.97. The minimum Gasteiger partial charge on any atom is -0.444 e. The second kappa shape index (κ2) is 5.63. The van der Waals surface area contributed by atoms with E-state index in [1.54, 1.807) is 20.8 Å². The van der Waals surface area contributed by atoms with Crippen molar-refractivity contribution in [2.24, 2.45) is 5.73 Å². The molecule has 0 saturated heterocycles. The lowest BCUT2D eigenvalue weighted by atomic mass is 10.1. The van der Waals surface area contributed by atoms with Crippen LogP contribution < -0.4 is 11.1 Å². The SMILES string of the molecule is CC(C)(C)OC(=O)Nc1ccc(C(=N)N)c(C(F)(F)F)c1. The van der Waals surface area contributed by atoms with Gasteiger partial charge in [0.25, 0.3) is 0 Å². The van der Waals surface area contributed by atoms with Gasteiger partial charge in [-0.15, -0.1) is 0 Å². The zero-order valence-electron chi connectivity index (χ0n) is 11.8. The molecule has 1 aromatic carbocycles. The van der Waals surface area contributed by atoms with Crippen molar-refractivity contribution in [3.63, 3.8) is 0 Å². The molecule has 116 valence electrons. The number of amidine groups is 1.